The van der Waals surface area contributed by atoms with Gasteiger partial charge in [0.05, 0.1) is 20.6 Å². The molecule has 0 saturated heterocycles. The molecular formula is C12H7BrCl2N2O3S. The highest BCUT2D eigenvalue weighted by atomic mass is 79.9. The summed E-state index contributed by atoms with van der Waals surface area (Å²) in [4.78, 5) is 27.3. The maximum Gasteiger partial charge on any atom is 0.340 e. The lowest BCUT2D eigenvalue weighted by Crippen LogP contribution is -2.20. The van der Waals surface area contributed by atoms with Crippen LogP contribution in [-0.2, 0) is 9.53 Å². The van der Waals surface area contributed by atoms with Gasteiger partial charge in [-0.1, -0.05) is 34.5 Å². The highest BCUT2D eigenvalue weighted by Gasteiger charge is 2.14. The zero-order valence-electron chi connectivity index (χ0n) is 10.2. The Labute approximate surface area is 142 Å². The summed E-state index contributed by atoms with van der Waals surface area (Å²) in [6, 6.07) is 4.37. The minimum atomic E-state index is -0.702. The summed E-state index contributed by atoms with van der Waals surface area (Å²) < 4.78 is 5.66. The molecule has 0 unspecified atom stereocenters. The van der Waals surface area contributed by atoms with Crippen LogP contribution in [0.5, 0.6) is 0 Å². The fourth-order valence-electron chi connectivity index (χ4n) is 1.33. The van der Waals surface area contributed by atoms with Crippen molar-refractivity contribution in [2.24, 2.45) is 0 Å². The zero-order chi connectivity index (χ0) is 15.4. The Kier molecular flexibility index (Phi) is 5.58. The van der Waals surface area contributed by atoms with E-state index in [1.54, 1.807) is 6.20 Å². The van der Waals surface area contributed by atoms with Gasteiger partial charge >= 0.3 is 5.97 Å². The first kappa shape index (κ1) is 16.2. The van der Waals surface area contributed by atoms with E-state index in [9.17, 15) is 9.59 Å². The average molecular weight is 410 g/mol. The number of nitrogens with zero attached hydrogens (tertiary/aromatic N) is 1. The average Bonchev–Trinajstić information content (AvgIpc) is 2.81. The number of hydrogen-bond donors (Lipinski definition) is 1. The van der Waals surface area contributed by atoms with Crippen LogP contribution in [0, 0.1) is 0 Å². The molecular weight excluding hydrogens is 403 g/mol. The summed E-state index contributed by atoms with van der Waals surface area (Å²) in [5.41, 5.74) is 0.144. The number of nitrogens with one attached hydrogen (secondary N) is 1. The van der Waals surface area contributed by atoms with Gasteiger partial charge in [-0.15, -0.1) is 0 Å². The van der Waals surface area contributed by atoms with Crippen LogP contribution in [0.2, 0.25) is 10.0 Å². The van der Waals surface area contributed by atoms with Gasteiger partial charge in [0.1, 0.15) is 0 Å². The minimum absolute atomic E-state index is 0.144. The van der Waals surface area contributed by atoms with Crippen molar-refractivity contribution in [3.05, 3.63) is 43.8 Å². The molecule has 110 valence electrons. The lowest BCUT2D eigenvalue weighted by atomic mass is 10.2. The van der Waals surface area contributed by atoms with E-state index in [-0.39, 0.29) is 10.6 Å². The Morgan fingerprint density at radius 3 is 2.76 bits per heavy atom. The SMILES string of the molecule is O=C(COC(=O)c1ccc(Cl)cc1Cl)Nc1ncc(Br)s1. The molecule has 0 aliphatic rings. The molecule has 0 aliphatic carbocycles. The van der Waals surface area contributed by atoms with Gasteiger partial charge in [0, 0.05) is 5.02 Å². The van der Waals surface area contributed by atoms with Crippen LogP contribution in [0.25, 0.3) is 0 Å². The van der Waals surface area contributed by atoms with Crippen molar-refractivity contribution in [3.8, 4) is 0 Å². The third-order valence-electron chi connectivity index (χ3n) is 2.21. The number of esters is 1. The molecule has 9 heteroatoms. The summed E-state index contributed by atoms with van der Waals surface area (Å²) in [7, 11) is 0. The van der Waals surface area contributed by atoms with Crippen molar-refractivity contribution in [1.82, 2.24) is 4.98 Å². The topological polar surface area (TPSA) is 68.3 Å². The molecule has 0 aliphatic heterocycles. The van der Waals surface area contributed by atoms with Gasteiger partial charge in [0.25, 0.3) is 5.91 Å². The summed E-state index contributed by atoms with van der Waals surface area (Å²) >= 11 is 16.1. The van der Waals surface area contributed by atoms with Crippen LogP contribution in [0.4, 0.5) is 5.13 Å². The number of carbonyl (C=O) groups is 2. The summed E-state index contributed by atoms with van der Waals surface area (Å²) in [6.45, 7) is -0.436. The third kappa shape index (κ3) is 4.67. The van der Waals surface area contributed by atoms with E-state index in [4.69, 9.17) is 27.9 Å². The van der Waals surface area contributed by atoms with E-state index in [1.165, 1.54) is 29.5 Å². The molecule has 0 radical (unpaired) electrons. The number of amides is 1. The van der Waals surface area contributed by atoms with Crippen LogP contribution >= 0.6 is 50.5 Å². The van der Waals surface area contributed by atoms with E-state index in [0.29, 0.717) is 10.2 Å². The number of halogens is 3. The van der Waals surface area contributed by atoms with Crippen LogP contribution in [0.15, 0.2) is 28.2 Å². The second-order valence-corrected chi connectivity index (χ2v) is 6.97. The van der Waals surface area contributed by atoms with Crippen molar-refractivity contribution in [2.75, 3.05) is 11.9 Å². The Balaban J connectivity index is 1.90. The normalized spacial score (nSPS) is 10.2. The van der Waals surface area contributed by atoms with E-state index >= 15 is 0 Å². The molecule has 1 N–H and O–H groups in total. The minimum Gasteiger partial charge on any atom is -0.452 e. The van der Waals surface area contributed by atoms with Crippen molar-refractivity contribution in [1.29, 1.82) is 0 Å². The Hall–Kier alpha value is -1.15. The number of benzene rings is 1. The molecule has 21 heavy (non-hydrogen) atoms. The molecule has 1 aromatic carbocycles. The molecule has 1 heterocycles. The van der Waals surface area contributed by atoms with Gasteiger partial charge in [-0.05, 0) is 34.1 Å². The highest BCUT2D eigenvalue weighted by molar-refractivity contribution is 9.11. The van der Waals surface area contributed by atoms with Crippen molar-refractivity contribution in [3.63, 3.8) is 0 Å². The fraction of sp³-hybridized carbons (Fsp3) is 0.0833. The molecule has 0 atom stereocenters. The molecule has 0 bridgehead atoms. The molecule has 1 aromatic heterocycles. The first-order valence-corrected chi connectivity index (χ1v) is 7.85. The number of hydrogen-bond acceptors (Lipinski definition) is 5. The number of rotatable bonds is 4. The Morgan fingerprint density at radius 2 is 2.14 bits per heavy atom. The predicted octanol–water partition coefficient (Wildman–Crippen LogP) is 4.01. The zero-order valence-corrected chi connectivity index (χ0v) is 14.1. The number of anilines is 1. The van der Waals surface area contributed by atoms with Crippen molar-refractivity contribution < 1.29 is 14.3 Å². The largest absolute Gasteiger partial charge is 0.452 e. The fourth-order valence-corrected chi connectivity index (χ4v) is 2.94. The number of ether oxygens (including phenoxy) is 1. The molecule has 0 saturated carbocycles. The lowest BCUT2D eigenvalue weighted by molar-refractivity contribution is -0.119. The maximum atomic E-state index is 11.8. The third-order valence-corrected chi connectivity index (χ3v) is 4.15. The second kappa shape index (κ2) is 7.22. The number of thiazole rings is 1. The van der Waals surface area contributed by atoms with Gasteiger partial charge in [0.2, 0.25) is 0 Å². The molecule has 2 rings (SSSR count). The van der Waals surface area contributed by atoms with Crippen LogP contribution in [0.3, 0.4) is 0 Å². The van der Waals surface area contributed by atoms with Crippen molar-refractivity contribution in [2.45, 2.75) is 0 Å². The van der Waals surface area contributed by atoms with Gasteiger partial charge in [-0.2, -0.15) is 0 Å². The molecule has 1 amide bonds. The van der Waals surface area contributed by atoms with Crippen LogP contribution in [0.1, 0.15) is 10.4 Å². The summed E-state index contributed by atoms with van der Waals surface area (Å²) in [5, 5.41) is 3.48. The summed E-state index contributed by atoms with van der Waals surface area (Å²) in [6.07, 6.45) is 1.56. The number of carbonyl (C=O) groups excluding carboxylic acids is 2. The van der Waals surface area contributed by atoms with Crippen LogP contribution < -0.4 is 5.32 Å². The Morgan fingerprint density at radius 1 is 1.38 bits per heavy atom. The van der Waals surface area contributed by atoms with Crippen molar-refractivity contribution >= 4 is 67.5 Å². The van der Waals surface area contributed by atoms with Gasteiger partial charge in [-0.3, -0.25) is 10.1 Å². The first-order chi connectivity index (χ1) is 9.95. The first-order valence-electron chi connectivity index (χ1n) is 5.49. The summed E-state index contributed by atoms with van der Waals surface area (Å²) in [5.74, 6) is -1.19. The molecule has 5 nitrogen and oxygen atoms in total. The molecule has 0 spiro atoms. The predicted molar refractivity (Wildman–Crippen MR) is 85.2 cm³/mol. The Bertz CT molecular complexity index is 693. The van der Waals surface area contributed by atoms with Gasteiger partial charge in [-0.25, -0.2) is 9.78 Å². The van der Waals surface area contributed by atoms with E-state index < -0.39 is 18.5 Å². The van der Waals surface area contributed by atoms with E-state index in [1.807, 2.05) is 0 Å². The number of aromatic nitrogens is 1. The molecule has 2 aromatic rings. The standard InChI is InChI=1S/C12H7BrCl2N2O3S/c13-9-4-16-12(21-9)17-10(18)5-20-11(19)7-2-1-6(14)3-8(7)15/h1-4H,5H2,(H,16,17,18). The van der Waals surface area contributed by atoms with Gasteiger partial charge in [0.15, 0.2) is 11.7 Å². The molecule has 0 fully saturated rings. The quantitative estimate of drug-likeness (QED) is 0.774. The highest BCUT2D eigenvalue weighted by Crippen LogP contribution is 2.23. The maximum absolute atomic E-state index is 11.8. The van der Waals surface area contributed by atoms with Crippen LogP contribution in [-0.4, -0.2) is 23.5 Å². The monoisotopic (exact) mass is 408 g/mol. The van der Waals surface area contributed by atoms with E-state index in [2.05, 4.69) is 26.2 Å². The van der Waals surface area contributed by atoms with E-state index in [0.717, 1.165) is 3.79 Å². The van der Waals surface area contributed by atoms with Gasteiger partial charge < -0.3 is 4.74 Å². The smallest absolute Gasteiger partial charge is 0.340 e. The second-order valence-electron chi connectivity index (χ2n) is 3.72. The lowest BCUT2D eigenvalue weighted by Gasteiger charge is -2.06.